The van der Waals surface area contributed by atoms with E-state index in [0.717, 1.165) is 41.0 Å². The molecule has 0 saturated carbocycles. The molecule has 0 aliphatic carbocycles. The molecule has 0 spiro atoms. The number of aromatic nitrogens is 1. The topological polar surface area (TPSA) is 42.4 Å². The fraction of sp³-hybridized carbons (Fsp3) is 0.333. The summed E-state index contributed by atoms with van der Waals surface area (Å²) in [7, 11) is 0. The number of para-hydroxylation sites is 1. The number of aryl methyl sites for hydroxylation is 1. The molecule has 2 aromatic carbocycles. The highest BCUT2D eigenvalue weighted by atomic mass is 35.5. The van der Waals surface area contributed by atoms with Crippen LogP contribution in [0.2, 0.25) is 5.02 Å². The first-order valence-corrected chi connectivity index (χ1v) is 11.5. The van der Waals surface area contributed by atoms with Gasteiger partial charge in [-0.1, -0.05) is 46.7 Å². The summed E-state index contributed by atoms with van der Waals surface area (Å²) >= 11 is 9.30. The number of thiazole rings is 1. The Kier molecular flexibility index (Phi) is 6.09. The largest absolute Gasteiger partial charge is 0.467 e. The lowest BCUT2D eigenvalue weighted by atomic mass is 10.1. The van der Waals surface area contributed by atoms with E-state index in [9.17, 15) is 4.79 Å². The number of halogens is 1. The maximum atomic E-state index is 12.5. The number of benzene rings is 2. The van der Waals surface area contributed by atoms with Crippen LogP contribution in [-0.2, 0) is 4.79 Å². The van der Waals surface area contributed by atoms with Gasteiger partial charge in [0.05, 0.1) is 15.5 Å². The van der Waals surface area contributed by atoms with Crippen LogP contribution in [-0.4, -0.2) is 40.7 Å². The van der Waals surface area contributed by atoms with Gasteiger partial charge in [0.15, 0.2) is 0 Å². The van der Waals surface area contributed by atoms with Crippen molar-refractivity contribution in [3.63, 3.8) is 0 Å². The smallest absolute Gasteiger partial charge is 0.274 e. The molecular weight excluding hydrogens is 412 g/mol. The minimum absolute atomic E-state index is 0.0909. The maximum absolute atomic E-state index is 12.5. The summed E-state index contributed by atoms with van der Waals surface area (Å²) < 4.78 is 7.10. The van der Waals surface area contributed by atoms with Gasteiger partial charge in [-0.25, -0.2) is 4.98 Å². The van der Waals surface area contributed by atoms with Crippen molar-refractivity contribution in [1.29, 1.82) is 0 Å². The molecule has 7 heteroatoms. The number of hydrogen-bond acceptors (Lipinski definition) is 5. The molecule has 1 fully saturated rings. The summed E-state index contributed by atoms with van der Waals surface area (Å²) in [4.78, 5) is 20.1. The van der Waals surface area contributed by atoms with Gasteiger partial charge in [-0.2, -0.15) is 0 Å². The zero-order valence-electron chi connectivity index (χ0n) is 15.6. The van der Waals surface area contributed by atoms with E-state index in [1.807, 2.05) is 23.1 Å². The van der Waals surface area contributed by atoms with Crippen molar-refractivity contribution in [2.75, 3.05) is 18.8 Å². The normalized spacial score (nSPS) is 15.1. The Balaban J connectivity index is 1.27. The lowest BCUT2D eigenvalue weighted by molar-refractivity contribution is -0.130. The van der Waals surface area contributed by atoms with Crippen molar-refractivity contribution < 1.29 is 9.53 Å². The number of carbonyl (C=O) groups is 1. The predicted molar refractivity (Wildman–Crippen MR) is 117 cm³/mol. The summed E-state index contributed by atoms with van der Waals surface area (Å²) in [5, 5.41) is 1.30. The molecule has 0 atom stereocenters. The summed E-state index contributed by atoms with van der Waals surface area (Å²) in [6, 6.07) is 14.0. The standard InChI is InChI=1S/C21H21ClN2O2S2/c1-14-5-7-16(8-6-14)27-13-19(25)24-11-9-15(10-12-24)26-21-23-20-17(22)3-2-4-18(20)28-21/h2-8,15H,9-13H2,1H3. The molecule has 1 aliphatic rings. The van der Waals surface area contributed by atoms with Gasteiger partial charge in [-0.05, 0) is 31.2 Å². The Labute approximate surface area is 177 Å². The van der Waals surface area contributed by atoms with Gasteiger partial charge in [-0.15, -0.1) is 11.8 Å². The van der Waals surface area contributed by atoms with E-state index in [0.29, 0.717) is 16.0 Å². The molecular formula is C21H21ClN2O2S2. The maximum Gasteiger partial charge on any atom is 0.274 e. The molecule has 1 aromatic heterocycles. The van der Waals surface area contributed by atoms with E-state index in [-0.39, 0.29) is 12.0 Å². The van der Waals surface area contributed by atoms with Crippen LogP contribution in [0.4, 0.5) is 0 Å². The van der Waals surface area contributed by atoms with Crippen LogP contribution in [0.1, 0.15) is 18.4 Å². The zero-order valence-corrected chi connectivity index (χ0v) is 17.9. The van der Waals surface area contributed by atoms with Gasteiger partial charge in [-0.3, -0.25) is 4.79 Å². The number of ether oxygens (including phenoxy) is 1. The lowest BCUT2D eigenvalue weighted by Crippen LogP contribution is -2.42. The second-order valence-corrected chi connectivity index (χ2v) is 9.32. The Bertz CT molecular complexity index is 966. The lowest BCUT2D eigenvalue weighted by Gasteiger charge is -2.31. The second kappa shape index (κ2) is 8.72. The fourth-order valence-corrected chi connectivity index (χ4v) is 5.16. The van der Waals surface area contributed by atoms with Crippen molar-refractivity contribution in [3.8, 4) is 5.19 Å². The highest BCUT2D eigenvalue weighted by Crippen LogP contribution is 2.33. The molecule has 146 valence electrons. The third-order valence-corrected chi connectivity index (χ3v) is 7.01. The number of thioether (sulfide) groups is 1. The van der Waals surface area contributed by atoms with Gasteiger partial charge in [0.25, 0.3) is 5.19 Å². The first-order valence-electron chi connectivity index (χ1n) is 9.27. The van der Waals surface area contributed by atoms with Gasteiger partial charge in [0.1, 0.15) is 11.6 Å². The predicted octanol–water partition coefficient (Wildman–Crippen LogP) is 5.42. The zero-order chi connectivity index (χ0) is 19.5. The van der Waals surface area contributed by atoms with E-state index in [1.165, 1.54) is 16.9 Å². The van der Waals surface area contributed by atoms with E-state index in [2.05, 4.69) is 36.2 Å². The molecule has 0 unspecified atom stereocenters. The van der Waals surface area contributed by atoms with Crippen molar-refractivity contribution in [2.24, 2.45) is 0 Å². The molecule has 0 radical (unpaired) electrons. The first-order chi connectivity index (χ1) is 13.6. The molecule has 4 nitrogen and oxygen atoms in total. The summed E-state index contributed by atoms with van der Waals surface area (Å²) in [6.45, 7) is 3.52. The summed E-state index contributed by atoms with van der Waals surface area (Å²) in [6.07, 6.45) is 1.74. The molecule has 1 saturated heterocycles. The van der Waals surface area contributed by atoms with E-state index < -0.39 is 0 Å². The molecule has 0 bridgehead atoms. The van der Waals surface area contributed by atoms with Crippen LogP contribution in [0, 0.1) is 6.92 Å². The van der Waals surface area contributed by atoms with Crippen molar-refractivity contribution in [3.05, 3.63) is 53.1 Å². The van der Waals surface area contributed by atoms with Crippen molar-refractivity contribution >= 4 is 50.8 Å². The molecule has 0 N–H and O–H groups in total. The van der Waals surface area contributed by atoms with Crippen LogP contribution >= 0.6 is 34.7 Å². The molecule has 2 heterocycles. The number of fused-ring (bicyclic) bond motifs is 1. The number of nitrogens with zero attached hydrogens (tertiary/aromatic N) is 2. The Morgan fingerprint density at radius 2 is 2.00 bits per heavy atom. The van der Waals surface area contributed by atoms with E-state index in [4.69, 9.17) is 16.3 Å². The molecule has 28 heavy (non-hydrogen) atoms. The fourth-order valence-electron chi connectivity index (χ4n) is 3.18. The van der Waals surface area contributed by atoms with Crippen LogP contribution in [0.15, 0.2) is 47.4 Å². The number of piperidine rings is 1. The first kappa shape index (κ1) is 19.6. The van der Waals surface area contributed by atoms with Gasteiger partial charge < -0.3 is 9.64 Å². The van der Waals surface area contributed by atoms with E-state index >= 15 is 0 Å². The summed E-state index contributed by atoms with van der Waals surface area (Å²) in [5.74, 6) is 0.668. The SMILES string of the molecule is Cc1ccc(SCC(=O)N2CCC(Oc3nc4c(Cl)cccc4s3)CC2)cc1. The number of amides is 1. The van der Waals surface area contributed by atoms with Crippen LogP contribution in [0.25, 0.3) is 10.2 Å². The van der Waals surface area contributed by atoms with E-state index in [1.54, 1.807) is 11.8 Å². The average Bonchev–Trinajstić information content (AvgIpc) is 3.12. The van der Waals surface area contributed by atoms with Gasteiger partial charge in [0.2, 0.25) is 5.91 Å². The Morgan fingerprint density at radius 1 is 1.25 bits per heavy atom. The summed E-state index contributed by atoms with van der Waals surface area (Å²) in [5.41, 5.74) is 2.03. The number of hydrogen-bond donors (Lipinski definition) is 0. The Morgan fingerprint density at radius 3 is 2.71 bits per heavy atom. The van der Waals surface area contributed by atoms with Crippen molar-refractivity contribution in [1.82, 2.24) is 9.88 Å². The van der Waals surface area contributed by atoms with Crippen molar-refractivity contribution in [2.45, 2.75) is 30.8 Å². The highest BCUT2D eigenvalue weighted by Gasteiger charge is 2.24. The van der Waals surface area contributed by atoms with Gasteiger partial charge >= 0.3 is 0 Å². The third kappa shape index (κ3) is 4.62. The van der Waals surface area contributed by atoms with Gasteiger partial charge in [0, 0.05) is 30.8 Å². The molecule has 3 aromatic rings. The highest BCUT2D eigenvalue weighted by molar-refractivity contribution is 8.00. The number of rotatable bonds is 5. The van der Waals surface area contributed by atoms with Crippen LogP contribution in [0.3, 0.4) is 0 Å². The minimum Gasteiger partial charge on any atom is -0.467 e. The third-order valence-electron chi connectivity index (χ3n) is 4.80. The monoisotopic (exact) mass is 432 g/mol. The number of likely N-dealkylation sites (tertiary alicyclic amines) is 1. The minimum atomic E-state index is 0.0909. The Hall–Kier alpha value is -1.76. The number of carbonyl (C=O) groups excluding carboxylic acids is 1. The molecule has 1 amide bonds. The molecule has 4 rings (SSSR count). The quantitative estimate of drug-likeness (QED) is 0.505. The average molecular weight is 433 g/mol. The van der Waals surface area contributed by atoms with Crippen LogP contribution in [0.5, 0.6) is 5.19 Å². The molecule has 1 aliphatic heterocycles. The second-order valence-electron chi connectivity index (χ2n) is 6.87. The van der Waals surface area contributed by atoms with Crippen LogP contribution < -0.4 is 4.74 Å².